The average molecular weight is 260 g/mol. The van der Waals surface area contributed by atoms with E-state index >= 15 is 0 Å². The molecule has 2 rings (SSSR count). The molecule has 0 amide bonds. The summed E-state index contributed by atoms with van der Waals surface area (Å²) in [4.78, 5) is 15.4. The van der Waals surface area contributed by atoms with Gasteiger partial charge < -0.3 is 14.8 Å². The fourth-order valence-corrected chi connectivity index (χ4v) is 1.80. The highest BCUT2D eigenvalue weighted by Gasteiger charge is 2.16. The second-order valence-electron chi connectivity index (χ2n) is 4.47. The van der Waals surface area contributed by atoms with Crippen LogP contribution in [0.25, 0.3) is 0 Å². The van der Waals surface area contributed by atoms with Crippen molar-refractivity contribution in [3.63, 3.8) is 0 Å². The minimum atomic E-state index is -1.00. The van der Waals surface area contributed by atoms with Crippen LogP contribution in [0.4, 0.5) is 5.82 Å². The maximum atomic E-state index is 11.2. The Labute approximate surface area is 111 Å². The molecule has 0 fully saturated rings. The molecular formula is C14H16N2O3. The van der Waals surface area contributed by atoms with E-state index in [1.54, 1.807) is 12.1 Å². The largest absolute Gasteiger partial charge is 0.478 e. The Balaban J connectivity index is 2.27. The summed E-state index contributed by atoms with van der Waals surface area (Å²) in [5.74, 6) is 0.920. The quantitative estimate of drug-likeness (QED) is 0.883. The molecule has 0 aromatic carbocycles. The predicted octanol–water partition coefficient (Wildman–Crippen LogP) is 3.16. The molecule has 2 N–H and O–H groups in total. The van der Waals surface area contributed by atoms with Crippen LogP contribution < -0.4 is 5.32 Å². The molecule has 0 aliphatic heterocycles. The van der Waals surface area contributed by atoms with Crippen LogP contribution in [0.5, 0.6) is 0 Å². The summed E-state index contributed by atoms with van der Waals surface area (Å²) in [5.41, 5.74) is 0.913. The summed E-state index contributed by atoms with van der Waals surface area (Å²) in [7, 11) is 0. The van der Waals surface area contributed by atoms with Gasteiger partial charge in [-0.15, -0.1) is 0 Å². The van der Waals surface area contributed by atoms with Gasteiger partial charge in [0.1, 0.15) is 22.9 Å². The molecule has 0 saturated carbocycles. The highest BCUT2D eigenvalue weighted by molar-refractivity contribution is 5.93. The number of aromatic carboxylic acids is 1. The maximum Gasteiger partial charge on any atom is 0.339 e. The number of carboxylic acids is 1. The van der Waals surface area contributed by atoms with Crippen LogP contribution in [0.15, 0.2) is 28.7 Å². The zero-order chi connectivity index (χ0) is 14.0. The number of anilines is 1. The molecule has 19 heavy (non-hydrogen) atoms. The number of carbonyl (C=O) groups is 1. The lowest BCUT2D eigenvalue weighted by Crippen LogP contribution is -2.12. The highest BCUT2D eigenvalue weighted by Crippen LogP contribution is 2.22. The smallest absolute Gasteiger partial charge is 0.339 e. The highest BCUT2D eigenvalue weighted by atomic mass is 16.4. The number of hydrogen-bond acceptors (Lipinski definition) is 4. The monoisotopic (exact) mass is 260 g/mol. The minimum absolute atomic E-state index is 0.152. The predicted molar refractivity (Wildman–Crippen MR) is 71.4 cm³/mol. The van der Waals surface area contributed by atoms with Crippen LogP contribution in [0.1, 0.15) is 40.5 Å². The van der Waals surface area contributed by atoms with E-state index in [0.29, 0.717) is 5.82 Å². The van der Waals surface area contributed by atoms with Crippen LogP contribution in [-0.4, -0.2) is 16.1 Å². The topological polar surface area (TPSA) is 75.4 Å². The van der Waals surface area contributed by atoms with Gasteiger partial charge >= 0.3 is 5.97 Å². The van der Waals surface area contributed by atoms with Crippen LogP contribution in [0.2, 0.25) is 0 Å². The minimum Gasteiger partial charge on any atom is -0.478 e. The molecule has 1 unspecified atom stereocenters. The Kier molecular flexibility index (Phi) is 3.55. The fraction of sp³-hybridized carbons (Fsp3) is 0.286. The van der Waals surface area contributed by atoms with E-state index in [1.165, 1.54) is 0 Å². The average Bonchev–Trinajstić information content (AvgIpc) is 2.75. The first-order valence-electron chi connectivity index (χ1n) is 6.01. The normalized spacial score (nSPS) is 12.2. The van der Waals surface area contributed by atoms with Gasteiger partial charge in [-0.2, -0.15) is 0 Å². The maximum absolute atomic E-state index is 11.2. The van der Waals surface area contributed by atoms with Gasteiger partial charge in [0.2, 0.25) is 0 Å². The van der Waals surface area contributed by atoms with Crippen molar-refractivity contribution in [1.82, 2.24) is 4.98 Å². The van der Waals surface area contributed by atoms with Crippen LogP contribution in [0.3, 0.4) is 0 Å². The SMILES string of the molecule is Cc1ccc(C(=O)O)c(NC(C)c2ccc(C)o2)n1. The van der Waals surface area contributed by atoms with Gasteiger partial charge in [0.15, 0.2) is 0 Å². The number of aryl methyl sites for hydroxylation is 2. The van der Waals surface area contributed by atoms with Crippen molar-refractivity contribution in [2.45, 2.75) is 26.8 Å². The van der Waals surface area contributed by atoms with Crippen molar-refractivity contribution < 1.29 is 14.3 Å². The Morgan fingerprint density at radius 3 is 2.63 bits per heavy atom. The van der Waals surface area contributed by atoms with Crippen molar-refractivity contribution in [2.24, 2.45) is 0 Å². The van der Waals surface area contributed by atoms with E-state index in [2.05, 4.69) is 10.3 Å². The summed E-state index contributed by atoms with van der Waals surface area (Å²) in [6.07, 6.45) is 0. The van der Waals surface area contributed by atoms with Crippen molar-refractivity contribution in [3.05, 3.63) is 47.0 Å². The van der Waals surface area contributed by atoms with Gasteiger partial charge in [0, 0.05) is 5.69 Å². The number of aromatic nitrogens is 1. The lowest BCUT2D eigenvalue weighted by atomic mass is 10.2. The molecular weight excluding hydrogens is 244 g/mol. The first kappa shape index (κ1) is 13.1. The van der Waals surface area contributed by atoms with Crippen LogP contribution in [-0.2, 0) is 0 Å². The number of rotatable bonds is 4. The second kappa shape index (κ2) is 5.14. The van der Waals surface area contributed by atoms with Crippen LogP contribution in [0, 0.1) is 13.8 Å². The summed E-state index contributed by atoms with van der Waals surface area (Å²) < 4.78 is 5.51. The molecule has 1 atom stereocenters. The van der Waals surface area contributed by atoms with E-state index in [-0.39, 0.29) is 11.6 Å². The first-order chi connectivity index (χ1) is 8.97. The molecule has 100 valence electrons. The zero-order valence-corrected chi connectivity index (χ0v) is 11.1. The van der Waals surface area contributed by atoms with E-state index in [1.807, 2.05) is 32.9 Å². The summed E-state index contributed by atoms with van der Waals surface area (Å²) >= 11 is 0. The molecule has 2 heterocycles. The summed E-state index contributed by atoms with van der Waals surface area (Å²) in [6, 6.07) is 6.81. The molecule has 0 spiro atoms. The molecule has 0 aliphatic rings. The number of nitrogens with one attached hydrogen (secondary N) is 1. The number of hydrogen-bond donors (Lipinski definition) is 2. The number of furan rings is 1. The summed E-state index contributed by atoms with van der Waals surface area (Å²) in [6.45, 7) is 5.58. The molecule has 2 aromatic heterocycles. The fourth-order valence-electron chi connectivity index (χ4n) is 1.80. The van der Waals surface area contributed by atoms with Crippen LogP contribution >= 0.6 is 0 Å². The lowest BCUT2D eigenvalue weighted by Gasteiger charge is -2.14. The van der Waals surface area contributed by atoms with Crippen molar-refractivity contribution in [3.8, 4) is 0 Å². The Bertz CT molecular complexity index is 604. The third-order valence-corrected chi connectivity index (χ3v) is 2.81. The third-order valence-electron chi connectivity index (χ3n) is 2.81. The van der Waals surface area contributed by atoms with E-state index in [4.69, 9.17) is 9.52 Å². The Morgan fingerprint density at radius 1 is 1.32 bits per heavy atom. The molecule has 5 nitrogen and oxygen atoms in total. The van der Waals surface area contributed by atoms with Gasteiger partial charge in [-0.05, 0) is 45.0 Å². The molecule has 0 radical (unpaired) electrons. The van der Waals surface area contributed by atoms with Crippen molar-refractivity contribution in [2.75, 3.05) is 5.32 Å². The first-order valence-corrected chi connectivity index (χ1v) is 6.01. The Hall–Kier alpha value is -2.30. The van der Waals surface area contributed by atoms with E-state index < -0.39 is 5.97 Å². The number of carboxylic acid groups (broad SMARTS) is 1. The van der Waals surface area contributed by atoms with Gasteiger partial charge in [0.25, 0.3) is 0 Å². The molecule has 0 bridgehead atoms. The van der Waals surface area contributed by atoms with Gasteiger partial charge in [0.05, 0.1) is 6.04 Å². The van der Waals surface area contributed by atoms with E-state index in [9.17, 15) is 4.79 Å². The van der Waals surface area contributed by atoms with Gasteiger partial charge in [-0.25, -0.2) is 9.78 Å². The van der Waals surface area contributed by atoms with E-state index in [0.717, 1.165) is 17.2 Å². The second-order valence-corrected chi connectivity index (χ2v) is 4.47. The molecule has 2 aromatic rings. The Morgan fingerprint density at radius 2 is 2.05 bits per heavy atom. The zero-order valence-electron chi connectivity index (χ0n) is 11.1. The standard InChI is InChI=1S/C14H16N2O3/c1-8-4-6-11(14(17)18)13(15-8)16-10(3)12-7-5-9(2)19-12/h4-7,10H,1-3H3,(H,15,16)(H,17,18). The third kappa shape index (κ3) is 2.93. The van der Waals surface area contributed by atoms with Crippen molar-refractivity contribution in [1.29, 1.82) is 0 Å². The summed E-state index contributed by atoms with van der Waals surface area (Å²) in [5, 5.41) is 12.2. The van der Waals surface area contributed by atoms with Gasteiger partial charge in [-0.3, -0.25) is 0 Å². The number of nitrogens with zero attached hydrogens (tertiary/aromatic N) is 1. The van der Waals surface area contributed by atoms with Crippen molar-refractivity contribution >= 4 is 11.8 Å². The van der Waals surface area contributed by atoms with Gasteiger partial charge in [-0.1, -0.05) is 0 Å². The molecule has 5 heteroatoms. The molecule has 0 aliphatic carbocycles. The lowest BCUT2D eigenvalue weighted by molar-refractivity contribution is 0.0697. The molecule has 0 saturated heterocycles. The number of pyridine rings is 1.